The first-order chi connectivity index (χ1) is 16.5. The normalized spacial score (nSPS) is 15.6. The van der Waals surface area contributed by atoms with Gasteiger partial charge in [-0.3, -0.25) is 9.69 Å². The van der Waals surface area contributed by atoms with Gasteiger partial charge in [-0.1, -0.05) is 12.1 Å². The topological polar surface area (TPSA) is 89.3 Å². The number of hydrogen-bond donors (Lipinski definition) is 0. The Kier molecular flexibility index (Phi) is 6.25. The number of carbonyl (C=O) groups excluding carboxylic acids is 1. The molecule has 34 heavy (non-hydrogen) atoms. The van der Waals surface area contributed by atoms with Crippen molar-refractivity contribution in [1.82, 2.24) is 34.8 Å². The number of nitrogens with zero attached hydrogens (tertiary/aromatic N) is 7. The first-order valence-electron chi connectivity index (χ1n) is 11.5. The number of aromatic nitrogens is 5. The third-order valence-corrected chi connectivity index (χ3v) is 7.40. The SMILES string of the molecule is CCOc1ccc(-n2ncc(C(=O)N3CCN(C(C)c4nc5ccccc5s4)CC3)c2C)nn1. The maximum Gasteiger partial charge on any atom is 0.257 e. The highest BCUT2D eigenvalue weighted by molar-refractivity contribution is 7.18. The number of hydrogen-bond acceptors (Lipinski definition) is 8. The lowest BCUT2D eigenvalue weighted by Gasteiger charge is -2.37. The van der Waals surface area contributed by atoms with Gasteiger partial charge in [-0.2, -0.15) is 5.10 Å². The Morgan fingerprint density at radius 2 is 1.91 bits per heavy atom. The van der Waals surface area contributed by atoms with Crippen LogP contribution in [0.15, 0.2) is 42.6 Å². The average Bonchev–Trinajstić information content (AvgIpc) is 3.48. The fraction of sp³-hybridized carbons (Fsp3) is 0.375. The Balaban J connectivity index is 1.24. The van der Waals surface area contributed by atoms with Crippen LogP contribution < -0.4 is 4.74 Å². The van der Waals surface area contributed by atoms with E-state index in [1.54, 1.807) is 34.3 Å². The predicted molar refractivity (Wildman–Crippen MR) is 131 cm³/mol. The van der Waals surface area contributed by atoms with Crippen molar-refractivity contribution in [2.75, 3.05) is 32.8 Å². The van der Waals surface area contributed by atoms with Crippen LogP contribution in [0, 0.1) is 6.92 Å². The molecule has 10 heteroatoms. The molecular formula is C24H27N7O2S. The van der Waals surface area contributed by atoms with Gasteiger partial charge in [0.25, 0.3) is 5.91 Å². The second-order valence-electron chi connectivity index (χ2n) is 8.24. The fourth-order valence-corrected chi connectivity index (χ4v) is 5.26. The summed E-state index contributed by atoms with van der Waals surface area (Å²) >= 11 is 1.75. The summed E-state index contributed by atoms with van der Waals surface area (Å²) in [4.78, 5) is 22.4. The van der Waals surface area contributed by atoms with Gasteiger partial charge in [0.2, 0.25) is 5.88 Å². The Morgan fingerprint density at radius 1 is 1.12 bits per heavy atom. The van der Waals surface area contributed by atoms with E-state index in [-0.39, 0.29) is 11.9 Å². The molecule has 1 aliphatic heterocycles. The minimum atomic E-state index is -0.00469. The lowest BCUT2D eigenvalue weighted by molar-refractivity contribution is 0.0581. The van der Waals surface area contributed by atoms with Crippen molar-refractivity contribution in [1.29, 1.82) is 0 Å². The fourth-order valence-electron chi connectivity index (χ4n) is 4.21. The molecule has 4 aromatic rings. The minimum absolute atomic E-state index is 0.00469. The average molecular weight is 478 g/mol. The molecular weight excluding hydrogens is 450 g/mol. The molecule has 1 aliphatic rings. The Bertz CT molecular complexity index is 1260. The zero-order valence-electron chi connectivity index (χ0n) is 19.5. The number of rotatable bonds is 6. The third kappa shape index (κ3) is 4.26. The predicted octanol–water partition coefficient (Wildman–Crippen LogP) is 3.50. The molecule has 1 unspecified atom stereocenters. The second kappa shape index (κ2) is 9.47. The Morgan fingerprint density at radius 3 is 2.62 bits per heavy atom. The smallest absolute Gasteiger partial charge is 0.257 e. The quantitative estimate of drug-likeness (QED) is 0.420. The van der Waals surface area contributed by atoms with Gasteiger partial charge in [-0.25, -0.2) is 9.67 Å². The molecule has 0 bridgehead atoms. The monoisotopic (exact) mass is 477 g/mol. The number of thiazole rings is 1. The van der Waals surface area contributed by atoms with Gasteiger partial charge in [0.15, 0.2) is 5.82 Å². The number of para-hydroxylation sites is 1. The van der Waals surface area contributed by atoms with Crippen molar-refractivity contribution in [3.63, 3.8) is 0 Å². The first-order valence-corrected chi connectivity index (χ1v) is 12.3. The zero-order valence-corrected chi connectivity index (χ0v) is 20.3. The first kappa shape index (κ1) is 22.4. The molecule has 176 valence electrons. The van der Waals surface area contributed by atoms with E-state index >= 15 is 0 Å². The number of fused-ring (bicyclic) bond motifs is 1. The Labute approximate surface area is 202 Å². The molecule has 5 rings (SSSR count). The molecule has 0 N–H and O–H groups in total. The van der Waals surface area contributed by atoms with Crippen LogP contribution in [-0.2, 0) is 0 Å². The summed E-state index contributed by atoms with van der Waals surface area (Å²) in [6, 6.07) is 12.0. The van der Waals surface area contributed by atoms with Crippen LogP contribution in [0.5, 0.6) is 5.88 Å². The number of ether oxygens (including phenoxy) is 1. The van der Waals surface area contributed by atoms with Crippen LogP contribution in [0.3, 0.4) is 0 Å². The number of benzene rings is 1. The van der Waals surface area contributed by atoms with Gasteiger partial charge in [0.05, 0.1) is 40.3 Å². The standard InChI is InChI=1S/C24H27N7O2S/c1-4-33-22-10-9-21(27-28-22)31-16(2)18(15-25-31)24(32)30-13-11-29(12-14-30)17(3)23-26-19-7-5-6-8-20(19)34-23/h5-10,15,17H,4,11-14H2,1-3H3. The second-order valence-corrected chi connectivity index (χ2v) is 9.30. The highest BCUT2D eigenvalue weighted by Gasteiger charge is 2.28. The van der Waals surface area contributed by atoms with Crippen LogP contribution in [0.1, 0.15) is 40.9 Å². The van der Waals surface area contributed by atoms with Crippen LogP contribution in [0.25, 0.3) is 16.0 Å². The number of piperazine rings is 1. The molecule has 0 aliphatic carbocycles. The maximum absolute atomic E-state index is 13.3. The number of amides is 1. The van der Waals surface area contributed by atoms with Crippen molar-refractivity contribution in [2.24, 2.45) is 0 Å². The molecule has 1 fully saturated rings. The summed E-state index contributed by atoms with van der Waals surface area (Å²) in [6.45, 7) is 9.45. The van der Waals surface area contributed by atoms with E-state index < -0.39 is 0 Å². The molecule has 0 spiro atoms. The van der Waals surface area contributed by atoms with Gasteiger partial charge in [-0.05, 0) is 39.0 Å². The highest BCUT2D eigenvalue weighted by atomic mass is 32.1. The van der Waals surface area contributed by atoms with Crippen LogP contribution in [-0.4, -0.2) is 73.5 Å². The van der Waals surface area contributed by atoms with E-state index in [0.717, 1.165) is 29.3 Å². The van der Waals surface area contributed by atoms with Crippen LogP contribution >= 0.6 is 11.3 Å². The minimum Gasteiger partial charge on any atom is -0.477 e. The summed E-state index contributed by atoms with van der Waals surface area (Å²) in [5.41, 5.74) is 2.38. The maximum atomic E-state index is 13.3. The van der Waals surface area contributed by atoms with Gasteiger partial charge >= 0.3 is 0 Å². The van der Waals surface area contributed by atoms with E-state index in [1.165, 1.54) is 4.70 Å². The van der Waals surface area contributed by atoms with E-state index in [9.17, 15) is 4.79 Å². The van der Waals surface area contributed by atoms with Crippen molar-refractivity contribution >= 4 is 27.5 Å². The van der Waals surface area contributed by atoms with E-state index in [4.69, 9.17) is 9.72 Å². The van der Waals surface area contributed by atoms with Crippen LogP contribution in [0.2, 0.25) is 0 Å². The molecule has 9 nitrogen and oxygen atoms in total. The summed E-state index contributed by atoms with van der Waals surface area (Å²) in [5, 5.41) is 13.7. The van der Waals surface area contributed by atoms with Gasteiger partial charge in [0, 0.05) is 32.2 Å². The Hall–Kier alpha value is -3.37. The van der Waals surface area contributed by atoms with Gasteiger partial charge < -0.3 is 9.64 Å². The van der Waals surface area contributed by atoms with Crippen molar-refractivity contribution in [3.8, 4) is 11.7 Å². The summed E-state index contributed by atoms with van der Waals surface area (Å²) < 4.78 is 8.20. The van der Waals surface area contributed by atoms with Crippen molar-refractivity contribution < 1.29 is 9.53 Å². The van der Waals surface area contributed by atoms with Crippen LogP contribution in [0.4, 0.5) is 0 Å². The van der Waals surface area contributed by atoms with E-state index in [0.29, 0.717) is 37.0 Å². The van der Waals surface area contributed by atoms with E-state index in [2.05, 4.69) is 39.3 Å². The molecule has 1 aromatic carbocycles. The molecule has 1 amide bonds. The number of carbonyl (C=O) groups is 1. The summed E-state index contributed by atoms with van der Waals surface area (Å²) in [5.74, 6) is 1.01. The summed E-state index contributed by atoms with van der Waals surface area (Å²) in [6.07, 6.45) is 1.62. The molecule has 4 heterocycles. The van der Waals surface area contributed by atoms with Gasteiger partial charge in [-0.15, -0.1) is 21.5 Å². The molecule has 1 atom stereocenters. The molecule has 3 aromatic heterocycles. The highest BCUT2D eigenvalue weighted by Crippen LogP contribution is 2.30. The zero-order chi connectivity index (χ0) is 23.7. The van der Waals surface area contributed by atoms with Gasteiger partial charge in [0.1, 0.15) is 5.01 Å². The lowest BCUT2D eigenvalue weighted by Crippen LogP contribution is -2.49. The molecule has 0 saturated carbocycles. The molecule has 1 saturated heterocycles. The molecule has 0 radical (unpaired) electrons. The lowest BCUT2D eigenvalue weighted by atomic mass is 10.2. The third-order valence-electron chi connectivity index (χ3n) is 6.19. The largest absolute Gasteiger partial charge is 0.477 e. The van der Waals surface area contributed by atoms with Crippen molar-refractivity contribution in [3.05, 3.63) is 58.9 Å². The summed E-state index contributed by atoms with van der Waals surface area (Å²) in [7, 11) is 0. The van der Waals surface area contributed by atoms with Crippen molar-refractivity contribution in [2.45, 2.75) is 26.8 Å². The van der Waals surface area contributed by atoms with E-state index in [1.807, 2.05) is 30.9 Å².